The highest BCUT2D eigenvalue weighted by atomic mass is 14.8. The predicted molar refractivity (Wildman–Crippen MR) is 160 cm³/mol. The van der Waals surface area contributed by atoms with E-state index in [1.54, 1.807) is 0 Å². The van der Waals surface area contributed by atoms with Gasteiger partial charge in [-0.25, -0.2) is 0 Å². The number of rotatable bonds is 2. The first kappa shape index (κ1) is 24.8. The zero-order valence-corrected chi connectivity index (χ0v) is 21.6. The van der Waals surface area contributed by atoms with Crippen molar-refractivity contribution in [2.24, 2.45) is 0 Å². The maximum atomic E-state index is 4.32. The van der Waals surface area contributed by atoms with Crippen LogP contribution in [0, 0.1) is 0 Å². The third-order valence-electron chi connectivity index (χ3n) is 6.14. The summed E-state index contributed by atoms with van der Waals surface area (Å²) in [5, 5.41) is 5.90. The SMILES string of the molecule is C=C1/C=C(c2cccc(-c3ccc4[nH]c5ccccc5c4c3)c2)\C=C/Nc2ccccc21.CC.CC. The summed E-state index contributed by atoms with van der Waals surface area (Å²) in [4.78, 5) is 3.51. The molecule has 0 fully saturated rings. The molecule has 0 aliphatic carbocycles. The van der Waals surface area contributed by atoms with Crippen LogP contribution in [0.3, 0.4) is 0 Å². The van der Waals surface area contributed by atoms with Crippen LogP contribution in [0.2, 0.25) is 0 Å². The van der Waals surface area contributed by atoms with Crippen LogP contribution in [-0.2, 0) is 0 Å². The second-order valence-corrected chi connectivity index (χ2v) is 8.16. The van der Waals surface area contributed by atoms with Gasteiger partial charge in [-0.2, -0.15) is 0 Å². The molecular weight excluding hydrogens is 436 g/mol. The summed E-state index contributed by atoms with van der Waals surface area (Å²) in [6.07, 6.45) is 6.28. The van der Waals surface area contributed by atoms with Gasteiger partial charge in [-0.3, -0.25) is 0 Å². The molecule has 5 aromatic rings. The van der Waals surface area contributed by atoms with Crippen molar-refractivity contribution in [3.05, 3.63) is 127 Å². The molecule has 0 unspecified atom stereocenters. The molecule has 1 aliphatic rings. The average molecular weight is 471 g/mol. The molecule has 2 N–H and O–H groups in total. The highest BCUT2D eigenvalue weighted by Crippen LogP contribution is 2.33. The first-order chi connectivity index (χ1) is 17.8. The van der Waals surface area contributed by atoms with Gasteiger partial charge < -0.3 is 10.3 Å². The van der Waals surface area contributed by atoms with Crippen molar-refractivity contribution >= 4 is 38.6 Å². The van der Waals surface area contributed by atoms with Gasteiger partial charge in [0.2, 0.25) is 0 Å². The summed E-state index contributed by atoms with van der Waals surface area (Å²) in [7, 11) is 0. The number of anilines is 1. The Labute approximate surface area is 214 Å². The van der Waals surface area contributed by atoms with Crippen molar-refractivity contribution in [2.45, 2.75) is 27.7 Å². The van der Waals surface area contributed by atoms with E-state index in [4.69, 9.17) is 0 Å². The van der Waals surface area contributed by atoms with E-state index < -0.39 is 0 Å². The monoisotopic (exact) mass is 470 g/mol. The Balaban J connectivity index is 0.000000726. The maximum absolute atomic E-state index is 4.32. The average Bonchev–Trinajstić information content (AvgIpc) is 3.32. The van der Waals surface area contributed by atoms with Crippen molar-refractivity contribution in [2.75, 3.05) is 5.32 Å². The van der Waals surface area contributed by atoms with Crippen LogP contribution >= 0.6 is 0 Å². The Morgan fingerprint density at radius 3 is 2.17 bits per heavy atom. The number of fused-ring (bicyclic) bond motifs is 4. The predicted octanol–water partition coefficient (Wildman–Crippen LogP) is 10.1. The molecule has 2 heterocycles. The van der Waals surface area contributed by atoms with Crippen molar-refractivity contribution in [1.82, 2.24) is 4.98 Å². The molecule has 0 spiro atoms. The molecule has 1 aromatic heterocycles. The van der Waals surface area contributed by atoms with Crippen LogP contribution in [0.25, 0.3) is 44.1 Å². The van der Waals surface area contributed by atoms with E-state index in [9.17, 15) is 0 Å². The topological polar surface area (TPSA) is 27.8 Å². The molecule has 6 rings (SSSR count). The molecule has 4 aromatic carbocycles. The summed E-state index contributed by atoms with van der Waals surface area (Å²) in [6, 6.07) is 32.1. The number of nitrogens with one attached hydrogen (secondary N) is 2. The van der Waals surface area contributed by atoms with Gasteiger partial charge in [-0.05, 0) is 70.3 Å². The molecule has 0 atom stereocenters. The van der Waals surface area contributed by atoms with Gasteiger partial charge in [-0.1, -0.05) is 94.9 Å². The molecule has 1 aliphatic heterocycles. The van der Waals surface area contributed by atoms with Crippen LogP contribution in [0.5, 0.6) is 0 Å². The van der Waals surface area contributed by atoms with Crippen molar-refractivity contribution in [1.29, 1.82) is 0 Å². The molecule has 0 saturated carbocycles. The zero-order valence-electron chi connectivity index (χ0n) is 21.6. The number of aromatic amines is 1. The van der Waals surface area contributed by atoms with Crippen LogP contribution in [-0.4, -0.2) is 4.98 Å². The van der Waals surface area contributed by atoms with Gasteiger partial charge in [0.05, 0.1) is 0 Å². The fraction of sp³-hybridized carbons (Fsp3) is 0.118. The van der Waals surface area contributed by atoms with Crippen LogP contribution < -0.4 is 5.32 Å². The van der Waals surface area contributed by atoms with Crippen LogP contribution in [0.15, 0.2) is 116 Å². The van der Waals surface area contributed by atoms with Gasteiger partial charge in [0.15, 0.2) is 0 Å². The Morgan fingerprint density at radius 2 is 1.31 bits per heavy atom. The highest BCUT2D eigenvalue weighted by Gasteiger charge is 2.10. The number of H-pyrrole nitrogens is 1. The fourth-order valence-electron chi connectivity index (χ4n) is 4.51. The summed E-state index contributed by atoms with van der Waals surface area (Å²) >= 11 is 0. The third kappa shape index (κ3) is 4.89. The van der Waals surface area contributed by atoms with Crippen molar-refractivity contribution < 1.29 is 0 Å². The van der Waals surface area contributed by atoms with Gasteiger partial charge in [0, 0.05) is 39.3 Å². The van der Waals surface area contributed by atoms with E-state index >= 15 is 0 Å². The molecule has 2 heteroatoms. The quantitative estimate of drug-likeness (QED) is 0.264. The smallest absolute Gasteiger partial charge is 0.0465 e. The van der Waals surface area contributed by atoms with E-state index in [2.05, 4.69) is 108 Å². The molecule has 180 valence electrons. The Morgan fingerprint density at radius 1 is 0.611 bits per heavy atom. The highest BCUT2D eigenvalue weighted by molar-refractivity contribution is 6.08. The molecule has 0 radical (unpaired) electrons. The second kappa shape index (κ2) is 11.4. The Bertz CT molecular complexity index is 1560. The third-order valence-corrected chi connectivity index (χ3v) is 6.14. The van der Waals surface area contributed by atoms with E-state index in [1.165, 1.54) is 33.0 Å². The van der Waals surface area contributed by atoms with E-state index in [0.717, 1.165) is 27.9 Å². The minimum Gasteiger partial charge on any atom is -0.361 e. The molecular formula is C34H34N2. The molecule has 36 heavy (non-hydrogen) atoms. The number of aromatic nitrogens is 1. The summed E-state index contributed by atoms with van der Waals surface area (Å²) in [5.74, 6) is 0. The van der Waals surface area contributed by atoms with Crippen molar-refractivity contribution in [3.63, 3.8) is 0 Å². The normalized spacial score (nSPS) is 14.6. The van der Waals surface area contributed by atoms with Crippen molar-refractivity contribution in [3.8, 4) is 11.1 Å². The first-order valence-electron chi connectivity index (χ1n) is 12.8. The lowest BCUT2D eigenvalue weighted by Crippen LogP contribution is -1.96. The molecule has 2 nitrogen and oxygen atoms in total. The lowest BCUT2D eigenvalue weighted by atomic mass is 9.94. The minimum atomic E-state index is 0.998. The molecule has 0 bridgehead atoms. The second-order valence-electron chi connectivity index (χ2n) is 8.16. The van der Waals surface area contributed by atoms with Crippen LogP contribution in [0.4, 0.5) is 5.69 Å². The lowest BCUT2D eigenvalue weighted by molar-refractivity contribution is 1.50. The number of para-hydroxylation sites is 2. The zero-order chi connectivity index (χ0) is 25.5. The largest absolute Gasteiger partial charge is 0.361 e. The van der Waals surface area contributed by atoms with Crippen LogP contribution in [0.1, 0.15) is 38.8 Å². The summed E-state index contributed by atoms with van der Waals surface area (Å²) in [6.45, 7) is 12.3. The minimum absolute atomic E-state index is 0.998. The number of hydrogen-bond acceptors (Lipinski definition) is 1. The number of allylic oxidation sites excluding steroid dienone is 4. The van der Waals surface area contributed by atoms with Gasteiger partial charge >= 0.3 is 0 Å². The van der Waals surface area contributed by atoms with E-state index in [1.807, 2.05) is 46.0 Å². The van der Waals surface area contributed by atoms with E-state index in [-0.39, 0.29) is 0 Å². The standard InChI is InChI=1S/C30H22N2.2C2H6/c1-20-17-24(15-16-31-28-11-4-2-9-25(20)28)22-8-6-7-21(18-22)23-13-14-30-27(19-23)26-10-3-5-12-29(26)32-30;2*1-2/h2-19,31-32H,1H2;2*1-2H3/b16-15-,24-17+;;. The van der Waals surface area contributed by atoms with Gasteiger partial charge in [-0.15, -0.1) is 0 Å². The summed E-state index contributed by atoms with van der Waals surface area (Å²) in [5.41, 5.74) is 10.2. The Kier molecular flexibility index (Phi) is 7.87. The Hall–Kier alpha value is -4.30. The van der Waals surface area contributed by atoms with Gasteiger partial charge in [0.25, 0.3) is 0 Å². The van der Waals surface area contributed by atoms with E-state index in [0.29, 0.717) is 0 Å². The number of hydrogen-bond donors (Lipinski definition) is 2. The lowest BCUT2D eigenvalue weighted by Gasteiger charge is -2.14. The van der Waals surface area contributed by atoms with Gasteiger partial charge in [0.1, 0.15) is 0 Å². The number of benzene rings is 4. The summed E-state index contributed by atoms with van der Waals surface area (Å²) < 4.78 is 0. The molecule has 0 amide bonds. The first-order valence-corrected chi connectivity index (χ1v) is 12.8. The fourth-order valence-corrected chi connectivity index (χ4v) is 4.51. The molecule has 0 saturated heterocycles. The maximum Gasteiger partial charge on any atom is 0.0465 e.